The summed E-state index contributed by atoms with van der Waals surface area (Å²) in [4.78, 5) is 2.40. The van der Waals surface area contributed by atoms with Crippen molar-refractivity contribution < 1.29 is 4.39 Å². The maximum Gasteiger partial charge on any atom is 0.123 e. The van der Waals surface area contributed by atoms with Crippen molar-refractivity contribution in [1.82, 2.24) is 10.2 Å². The van der Waals surface area contributed by atoms with E-state index in [2.05, 4.69) is 23.2 Å². The average Bonchev–Trinajstić information content (AvgIpc) is 2.48. The van der Waals surface area contributed by atoms with E-state index >= 15 is 0 Å². The summed E-state index contributed by atoms with van der Waals surface area (Å²) in [5.41, 5.74) is 1.39. The Bertz CT molecular complexity index is 475. The lowest BCUT2D eigenvalue weighted by molar-refractivity contribution is 0.154. The molecule has 0 amide bonds. The fourth-order valence-corrected chi connectivity index (χ4v) is 2.87. The highest BCUT2D eigenvalue weighted by Crippen LogP contribution is 2.19. The highest BCUT2D eigenvalue weighted by Gasteiger charge is 2.21. The summed E-state index contributed by atoms with van der Waals surface area (Å²) in [6.45, 7) is 5.90. The van der Waals surface area contributed by atoms with Gasteiger partial charge in [-0.05, 0) is 62.7 Å². The smallest absolute Gasteiger partial charge is 0.123 e. The minimum atomic E-state index is -0.263. The monoisotopic (exact) mass is 275 g/mol. The van der Waals surface area contributed by atoms with Crippen molar-refractivity contribution in [2.45, 2.75) is 38.8 Å². The molecule has 0 saturated carbocycles. The fraction of sp³-hybridized carbons (Fsp3) is 0.562. The van der Waals surface area contributed by atoms with E-state index in [0.717, 1.165) is 44.5 Å². The van der Waals surface area contributed by atoms with Gasteiger partial charge in [0.15, 0.2) is 0 Å². The van der Waals surface area contributed by atoms with Crippen LogP contribution in [-0.2, 0) is 6.54 Å². The summed E-state index contributed by atoms with van der Waals surface area (Å²) in [5.74, 6) is -0.263. The number of nitrogens with zero attached hydrogens (tertiary/aromatic N) is 2. The molecule has 0 spiro atoms. The van der Waals surface area contributed by atoms with E-state index in [1.54, 1.807) is 6.07 Å². The van der Waals surface area contributed by atoms with Gasteiger partial charge in [-0.25, -0.2) is 4.39 Å². The van der Waals surface area contributed by atoms with Crippen molar-refractivity contribution in [1.29, 1.82) is 5.26 Å². The highest BCUT2D eigenvalue weighted by molar-refractivity contribution is 5.37. The van der Waals surface area contributed by atoms with Crippen molar-refractivity contribution in [3.05, 3.63) is 35.1 Å². The maximum atomic E-state index is 13.4. The number of nitriles is 1. The van der Waals surface area contributed by atoms with Gasteiger partial charge in [-0.15, -0.1) is 0 Å². The van der Waals surface area contributed by atoms with Crippen molar-refractivity contribution in [2.75, 3.05) is 19.6 Å². The molecule has 1 aromatic carbocycles. The molecule has 3 nitrogen and oxygen atoms in total. The number of hydrogen-bond acceptors (Lipinski definition) is 3. The molecule has 0 radical (unpaired) electrons. The molecule has 0 unspecified atom stereocenters. The Kier molecular flexibility index (Phi) is 5.51. The van der Waals surface area contributed by atoms with Crippen LogP contribution in [0.25, 0.3) is 0 Å². The Morgan fingerprint density at radius 3 is 2.80 bits per heavy atom. The molecule has 1 aliphatic heterocycles. The number of hydrogen-bond donors (Lipinski definition) is 1. The van der Waals surface area contributed by atoms with Crippen LogP contribution in [-0.4, -0.2) is 30.6 Å². The third-order valence-electron chi connectivity index (χ3n) is 3.90. The lowest BCUT2D eigenvalue weighted by Gasteiger charge is -2.34. The number of piperidine rings is 1. The molecule has 1 aromatic rings. The zero-order chi connectivity index (χ0) is 14.4. The highest BCUT2D eigenvalue weighted by atomic mass is 19.1. The molecule has 1 fully saturated rings. The van der Waals surface area contributed by atoms with E-state index < -0.39 is 0 Å². The molecule has 1 saturated heterocycles. The minimum Gasteiger partial charge on any atom is -0.317 e. The van der Waals surface area contributed by atoms with Crippen molar-refractivity contribution >= 4 is 0 Å². The standard InChI is InChI=1S/C16H22FN3/c1-2-9-20(16-5-7-19-8-6-16)12-14-10-15(17)4-3-13(14)11-18/h3-4,10,16,19H,2,5-9,12H2,1H3. The number of nitrogens with one attached hydrogen (secondary N) is 1. The second-order valence-electron chi connectivity index (χ2n) is 5.36. The first kappa shape index (κ1) is 15.0. The Morgan fingerprint density at radius 2 is 2.15 bits per heavy atom. The Labute approximate surface area is 120 Å². The van der Waals surface area contributed by atoms with E-state index in [4.69, 9.17) is 5.26 Å². The van der Waals surface area contributed by atoms with Crippen LogP contribution in [0.5, 0.6) is 0 Å². The third kappa shape index (κ3) is 3.78. The number of rotatable bonds is 5. The van der Waals surface area contributed by atoms with Gasteiger partial charge in [-0.3, -0.25) is 4.90 Å². The molecule has 1 heterocycles. The van der Waals surface area contributed by atoms with Gasteiger partial charge < -0.3 is 5.32 Å². The molecular weight excluding hydrogens is 253 g/mol. The lowest BCUT2D eigenvalue weighted by atomic mass is 10.0. The van der Waals surface area contributed by atoms with Crippen LogP contribution in [0.2, 0.25) is 0 Å². The van der Waals surface area contributed by atoms with E-state index in [1.165, 1.54) is 12.1 Å². The molecule has 108 valence electrons. The second-order valence-corrected chi connectivity index (χ2v) is 5.36. The Morgan fingerprint density at radius 1 is 1.40 bits per heavy atom. The number of benzene rings is 1. The van der Waals surface area contributed by atoms with Gasteiger partial charge in [-0.2, -0.15) is 5.26 Å². The van der Waals surface area contributed by atoms with E-state index in [-0.39, 0.29) is 5.82 Å². The minimum absolute atomic E-state index is 0.263. The molecule has 2 rings (SSSR count). The molecular formula is C16H22FN3. The summed E-state index contributed by atoms with van der Waals surface area (Å²) in [7, 11) is 0. The lowest BCUT2D eigenvalue weighted by Crippen LogP contribution is -2.43. The molecule has 0 atom stereocenters. The Hall–Kier alpha value is -1.44. The molecule has 1 N–H and O–H groups in total. The quantitative estimate of drug-likeness (QED) is 0.898. The first-order valence-corrected chi connectivity index (χ1v) is 7.38. The zero-order valence-electron chi connectivity index (χ0n) is 12.0. The molecule has 20 heavy (non-hydrogen) atoms. The molecule has 1 aliphatic rings. The number of halogens is 1. The second kappa shape index (κ2) is 7.37. The molecule has 0 aromatic heterocycles. The van der Waals surface area contributed by atoms with Crippen molar-refractivity contribution in [3.8, 4) is 6.07 Å². The third-order valence-corrected chi connectivity index (χ3v) is 3.90. The topological polar surface area (TPSA) is 39.1 Å². The van der Waals surface area contributed by atoms with Gasteiger partial charge in [0.25, 0.3) is 0 Å². The SMILES string of the molecule is CCCN(Cc1cc(F)ccc1C#N)C1CCNCC1. The van der Waals surface area contributed by atoms with Crippen LogP contribution in [0.3, 0.4) is 0 Å². The fourth-order valence-electron chi connectivity index (χ4n) is 2.87. The van der Waals surface area contributed by atoms with Crippen LogP contribution in [0.15, 0.2) is 18.2 Å². The molecule has 4 heteroatoms. The van der Waals surface area contributed by atoms with Gasteiger partial charge >= 0.3 is 0 Å². The normalized spacial score (nSPS) is 16.3. The van der Waals surface area contributed by atoms with E-state index in [9.17, 15) is 4.39 Å². The van der Waals surface area contributed by atoms with Crippen LogP contribution >= 0.6 is 0 Å². The predicted octanol–water partition coefficient (Wildman–Crippen LogP) is 2.66. The first-order chi connectivity index (χ1) is 9.74. The first-order valence-electron chi connectivity index (χ1n) is 7.38. The molecule has 0 aliphatic carbocycles. The molecule has 0 bridgehead atoms. The van der Waals surface area contributed by atoms with Gasteiger partial charge in [0.1, 0.15) is 5.82 Å². The van der Waals surface area contributed by atoms with Gasteiger partial charge in [-0.1, -0.05) is 6.92 Å². The summed E-state index contributed by atoms with van der Waals surface area (Å²) >= 11 is 0. The van der Waals surface area contributed by atoms with Gasteiger partial charge in [0, 0.05) is 12.6 Å². The summed E-state index contributed by atoms with van der Waals surface area (Å²) in [6, 6.07) is 7.14. The maximum absolute atomic E-state index is 13.4. The zero-order valence-corrected chi connectivity index (χ0v) is 12.0. The van der Waals surface area contributed by atoms with Gasteiger partial charge in [0.05, 0.1) is 11.6 Å². The summed E-state index contributed by atoms with van der Waals surface area (Å²) in [6.07, 6.45) is 3.32. The Balaban J connectivity index is 2.15. The van der Waals surface area contributed by atoms with E-state index in [0.29, 0.717) is 18.2 Å². The van der Waals surface area contributed by atoms with Crippen molar-refractivity contribution in [3.63, 3.8) is 0 Å². The van der Waals surface area contributed by atoms with Crippen LogP contribution in [0, 0.1) is 17.1 Å². The van der Waals surface area contributed by atoms with Crippen LogP contribution in [0.4, 0.5) is 4.39 Å². The van der Waals surface area contributed by atoms with Crippen LogP contribution in [0.1, 0.15) is 37.3 Å². The van der Waals surface area contributed by atoms with Gasteiger partial charge in [0.2, 0.25) is 0 Å². The van der Waals surface area contributed by atoms with E-state index in [1.807, 2.05) is 0 Å². The average molecular weight is 275 g/mol. The van der Waals surface area contributed by atoms with Crippen molar-refractivity contribution in [2.24, 2.45) is 0 Å². The summed E-state index contributed by atoms with van der Waals surface area (Å²) in [5, 5.41) is 12.5. The van der Waals surface area contributed by atoms with Crippen LogP contribution < -0.4 is 5.32 Å². The largest absolute Gasteiger partial charge is 0.317 e. The summed E-state index contributed by atoms with van der Waals surface area (Å²) < 4.78 is 13.4. The predicted molar refractivity (Wildman–Crippen MR) is 77.7 cm³/mol.